The topological polar surface area (TPSA) is 55.8 Å². The van der Waals surface area contributed by atoms with E-state index >= 15 is 0 Å². The van der Waals surface area contributed by atoms with Gasteiger partial charge in [-0.3, -0.25) is 4.79 Å². The van der Waals surface area contributed by atoms with E-state index in [4.69, 9.17) is 14.0 Å². The molecule has 1 aliphatic carbocycles. The van der Waals surface area contributed by atoms with Crippen LogP contribution in [-0.4, -0.2) is 39.4 Å². The van der Waals surface area contributed by atoms with Crippen molar-refractivity contribution >= 4 is 22.6 Å². The number of aliphatic carboxylic acids is 1. The first-order valence-electron chi connectivity index (χ1n) is 15.9. The lowest BCUT2D eigenvalue weighted by Gasteiger charge is -2.45. The highest BCUT2D eigenvalue weighted by Crippen LogP contribution is 2.44. The first-order chi connectivity index (χ1) is 18.2. The van der Waals surface area contributed by atoms with Crippen LogP contribution in [0.15, 0.2) is 29.5 Å². The summed E-state index contributed by atoms with van der Waals surface area (Å²) in [7, 11) is -3.60. The molecule has 4 nitrogen and oxygen atoms in total. The van der Waals surface area contributed by atoms with Crippen LogP contribution in [0.2, 0.25) is 36.3 Å². The molecule has 0 fully saturated rings. The zero-order valence-electron chi connectivity index (χ0n) is 27.3. The molecular formula is C33H62O4Si2. The van der Waals surface area contributed by atoms with Gasteiger partial charge in [-0.25, -0.2) is 0 Å². The Kier molecular flexibility index (Phi) is 15.3. The van der Waals surface area contributed by atoms with Crippen LogP contribution < -0.4 is 0 Å². The molecule has 1 rings (SSSR count). The van der Waals surface area contributed by atoms with Gasteiger partial charge in [-0.1, -0.05) is 79.4 Å². The van der Waals surface area contributed by atoms with E-state index in [0.717, 1.165) is 38.5 Å². The molecule has 226 valence electrons. The Labute approximate surface area is 244 Å². The zero-order valence-corrected chi connectivity index (χ0v) is 29.3. The van der Waals surface area contributed by atoms with Crippen molar-refractivity contribution < 1.29 is 18.8 Å². The molecule has 0 aromatic carbocycles. The number of carboxylic acid groups (broad SMARTS) is 1. The maximum atomic E-state index is 10.8. The Morgan fingerprint density at radius 1 is 1.05 bits per heavy atom. The van der Waals surface area contributed by atoms with E-state index in [2.05, 4.69) is 80.3 Å². The Morgan fingerprint density at radius 3 is 2.23 bits per heavy atom. The quantitative estimate of drug-likeness (QED) is 0.0717. The fourth-order valence-electron chi connectivity index (χ4n) is 5.66. The van der Waals surface area contributed by atoms with Crippen molar-refractivity contribution in [2.24, 2.45) is 5.92 Å². The van der Waals surface area contributed by atoms with Gasteiger partial charge in [-0.2, -0.15) is 0 Å². The highest BCUT2D eigenvalue weighted by Gasteiger charge is 2.43. The van der Waals surface area contributed by atoms with Crippen LogP contribution in [0.4, 0.5) is 0 Å². The van der Waals surface area contributed by atoms with Gasteiger partial charge in [0.05, 0.1) is 18.1 Å². The molecule has 0 aliphatic heterocycles. The van der Waals surface area contributed by atoms with E-state index < -0.39 is 22.6 Å². The summed E-state index contributed by atoms with van der Waals surface area (Å²) < 4.78 is 14.2. The number of carbonyl (C=O) groups is 1. The van der Waals surface area contributed by atoms with Crippen LogP contribution in [0.1, 0.15) is 120 Å². The first kappa shape index (κ1) is 36.1. The third kappa shape index (κ3) is 11.8. The average Bonchev–Trinajstić information content (AvgIpc) is 3.23. The summed E-state index contributed by atoms with van der Waals surface area (Å²) >= 11 is 0. The summed E-state index contributed by atoms with van der Waals surface area (Å²) in [5.74, 6) is -0.390. The largest absolute Gasteiger partial charge is 0.481 e. The predicted molar refractivity (Wildman–Crippen MR) is 172 cm³/mol. The standard InChI is InChI=1S/C33H62O4Si2/c1-11-15-20-26-33(8,37-38(9,10)32(5,6)7)27-25-28-23-24-30(36-39(12-2,13-3)14-4)29(28)21-18-16-17-19-22-31(34)35/h16,19,23,29-30H,11-15,18,20-22,24-27H2,1-10H3,(H,34,35)/t17?,29-,30?,33?/m1/s1. The molecule has 0 aromatic rings. The van der Waals surface area contributed by atoms with Crippen molar-refractivity contribution in [2.45, 2.75) is 168 Å². The summed E-state index contributed by atoms with van der Waals surface area (Å²) in [6.07, 6.45) is 16.3. The zero-order chi connectivity index (χ0) is 29.7. The van der Waals surface area contributed by atoms with E-state index in [9.17, 15) is 4.79 Å². The summed E-state index contributed by atoms with van der Waals surface area (Å²) in [5, 5.41) is 9.08. The Bertz CT molecular complexity index is 823. The molecule has 2 unspecified atom stereocenters. The lowest BCUT2D eigenvalue weighted by Crippen LogP contribution is -2.48. The molecule has 0 aromatic heterocycles. The summed E-state index contributed by atoms with van der Waals surface area (Å²) in [6.45, 7) is 23.4. The normalized spacial score (nSPS) is 19.8. The maximum absolute atomic E-state index is 10.8. The van der Waals surface area contributed by atoms with Crippen LogP contribution in [0.5, 0.6) is 0 Å². The van der Waals surface area contributed by atoms with Crippen molar-refractivity contribution in [2.75, 3.05) is 0 Å². The molecule has 1 aliphatic rings. The minimum absolute atomic E-state index is 0.0271. The molecule has 0 saturated heterocycles. The molecule has 0 spiro atoms. The van der Waals surface area contributed by atoms with Gasteiger partial charge < -0.3 is 14.0 Å². The van der Waals surface area contributed by atoms with E-state index in [1.54, 1.807) is 11.6 Å². The molecule has 1 N–H and O–H groups in total. The number of rotatable bonds is 19. The molecule has 6 heteroatoms. The molecule has 0 amide bonds. The first-order valence-corrected chi connectivity index (χ1v) is 21.3. The van der Waals surface area contributed by atoms with E-state index in [1.165, 1.54) is 37.4 Å². The van der Waals surface area contributed by atoms with E-state index in [-0.39, 0.29) is 23.2 Å². The highest BCUT2D eigenvalue weighted by atomic mass is 28.4. The van der Waals surface area contributed by atoms with Gasteiger partial charge in [0.1, 0.15) is 0 Å². The molecule has 39 heavy (non-hydrogen) atoms. The fourth-order valence-corrected chi connectivity index (χ4v) is 10.3. The number of unbranched alkanes of at least 4 members (excludes halogenated alkanes) is 2. The van der Waals surface area contributed by atoms with Crippen LogP contribution in [0.3, 0.4) is 0 Å². The second-order valence-corrected chi connectivity index (χ2v) is 23.0. The van der Waals surface area contributed by atoms with Gasteiger partial charge in [-0.15, -0.1) is 5.73 Å². The predicted octanol–water partition coefficient (Wildman–Crippen LogP) is 10.4. The fraction of sp³-hybridized carbons (Fsp3) is 0.818. The van der Waals surface area contributed by atoms with Gasteiger partial charge >= 0.3 is 5.97 Å². The van der Waals surface area contributed by atoms with Crippen molar-refractivity contribution in [3.8, 4) is 0 Å². The average molecular weight is 579 g/mol. The molecular weight excluding hydrogens is 517 g/mol. The minimum atomic E-state index is -1.89. The number of hydrogen-bond donors (Lipinski definition) is 1. The minimum Gasteiger partial charge on any atom is -0.481 e. The van der Waals surface area contributed by atoms with Gasteiger partial charge in [0, 0.05) is 5.92 Å². The summed E-state index contributed by atoms with van der Waals surface area (Å²) in [6, 6.07) is 3.52. The van der Waals surface area contributed by atoms with Crippen molar-refractivity contribution in [3.63, 3.8) is 0 Å². The summed E-state index contributed by atoms with van der Waals surface area (Å²) in [4.78, 5) is 10.8. The molecule has 0 saturated carbocycles. The van der Waals surface area contributed by atoms with Crippen LogP contribution in [-0.2, 0) is 13.6 Å². The van der Waals surface area contributed by atoms with Gasteiger partial charge in [0.2, 0.25) is 0 Å². The van der Waals surface area contributed by atoms with Gasteiger partial charge in [-0.05, 0) is 93.9 Å². The molecule has 0 bridgehead atoms. The van der Waals surface area contributed by atoms with Gasteiger partial charge in [0.25, 0.3) is 0 Å². The molecule has 0 heterocycles. The Balaban J connectivity index is 3.11. The third-order valence-corrected chi connectivity index (χ3v) is 18.8. The van der Waals surface area contributed by atoms with Crippen LogP contribution in [0.25, 0.3) is 0 Å². The van der Waals surface area contributed by atoms with Crippen molar-refractivity contribution in [3.05, 3.63) is 29.5 Å². The van der Waals surface area contributed by atoms with Gasteiger partial charge in [0.15, 0.2) is 16.6 Å². The monoisotopic (exact) mass is 578 g/mol. The highest BCUT2D eigenvalue weighted by molar-refractivity contribution is 6.74. The maximum Gasteiger partial charge on any atom is 0.307 e. The lowest BCUT2D eigenvalue weighted by atomic mass is 9.86. The smallest absolute Gasteiger partial charge is 0.307 e. The van der Waals surface area contributed by atoms with Crippen molar-refractivity contribution in [1.29, 1.82) is 0 Å². The third-order valence-electron chi connectivity index (χ3n) is 9.57. The van der Waals surface area contributed by atoms with Crippen molar-refractivity contribution in [1.82, 2.24) is 0 Å². The summed E-state index contributed by atoms with van der Waals surface area (Å²) in [5.41, 5.74) is 4.53. The molecule has 3 atom stereocenters. The van der Waals surface area contributed by atoms with E-state index in [0.29, 0.717) is 5.92 Å². The Morgan fingerprint density at radius 2 is 1.69 bits per heavy atom. The SMILES string of the molecule is CCCCCC(C)(CCC1=CCC(O[Si](CC)(CC)CC)[C@@H]1CCC=C=CCC(=O)O)O[Si](C)(C)C(C)(C)C. The Hall–Kier alpha value is -0.916. The second kappa shape index (κ2) is 16.5. The van der Waals surface area contributed by atoms with Crippen LogP contribution in [0, 0.1) is 5.92 Å². The number of hydrogen-bond acceptors (Lipinski definition) is 3. The van der Waals surface area contributed by atoms with E-state index in [1.807, 2.05) is 6.08 Å². The second-order valence-electron chi connectivity index (χ2n) is 13.5. The van der Waals surface area contributed by atoms with Crippen LogP contribution >= 0.6 is 0 Å². The lowest BCUT2D eigenvalue weighted by molar-refractivity contribution is -0.136. The molecule has 0 radical (unpaired) electrons. The number of carboxylic acids is 1.